The van der Waals surface area contributed by atoms with E-state index < -0.39 is 0 Å². The predicted molar refractivity (Wildman–Crippen MR) is 82.5 cm³/mol. The molecule has 6 nitrogen and oxygen atoms in total. The van der Waals surface area contributed by atoms with Crippen LogP contribution in [-0.4, -0.2) is 46.7 Å². The van der Waals surface area contributed by atoms with E-state index in [1.165, 1.54) is 12.8 Å². The van der Waals surface area contributed by atoms with E-state index in [1.54, 1.807) is 0 Å². The molecule has 3 heterocycles. The molecule has 1 atom stereocenters. The van der Waals surface area contributed by atoms with Crippen LogP contribution in [0.25, 0.3) is 0 Å². The summed E-state index contributed by atoms with van der Waals surface area (Å²) >= 11 is 0. The summed E-state index contributed by atoms with van der Waals surface area (Å²) in [6, 6.07) is 2.72. The standard InChI is InChI=1S/C16H24N4O2/c21-16(11-5-7-20(8-6-11)12-3-4-12)17-15-10-13(18-19-15)14-2-1-9-22-14/h10-12,14H,1-9H2,(H2,17,18,19,21). The molecule has 2 aliphatic heterocycles. The van der Waals surface area contributed by atoms with Crippen molar-refractivity contribution in [2.75, 3.05) is 25.0 Å². The van der Waals surface area contributed by atoms with Gasteiger partial charge in [-0.25, -0.2) is 0 Å². The maximum atomic E-state index is 12.4. The highest BCUT2D eigenvalue weighted by Crippen LogP contribution is 2.31. The van der Waals surface area contributed by atoms with Crippen molar-refractivity contribution in [1.82, 2.24) is 15.1 Å². The number of piperidine rings is 1. The molecule has 1 unspecified atom stereocenters. The maximum absolute atomic E-state index is 12.4. The number of likely N-dealkylation sites (tertiary alicyclic amines) is 1. The molecule has 2 N–H and O–H groups in total. The summed E-state index contributed by atoms with van der Waals surface area (Å²) in [7, 11) is 0. The van der Waals surface area contributed by atoms with Gasteiger partial charge in [0.05, 0.1) is 11.8 Å². The second kappa shape index (κ2) is 6.01. The fraction of sp³-hybridized carbons (Fsp3) is 0.750. The Labute approximate surface area is 130 Å². The third kappa shape index (κ3) is 3.03. The molecule has 1 aromatic heterocycles. The lowest BCUT2D eigenvalue weighted by atomic mass is 9.96. The first kappa shape index (κ1) is 14.2. The van der Waals surface area contributed by atoms with Gasteiger partial charge in [-0.05, 0) is 51.6 Å². The minimum atomic E-state index is 0.111. The van der Waals surface area contributed by atoms with E-state index in [0.717, 1.165) is 57.1 Å². The van der Waals surface area contributed by atoms with Crippen molar-refractivity contribution in [2.24, 2.45) is 5.92 Å². The van der Waals surface area contributed by atoms with Crippen molar-refractivity contribution in [3.63, 3.8) is 0 Å². The van der Waals surface area contributed by atoms with E-state index in [0.29, 0.717) is 5.82 Å². The first-order valence-corrected chi connectivity index (χ1v) is 8.51. The molecule has 1 aromatic rings. The number of nitrogens with zero attached hydrogens (tertiary/aromatic N) is 2. The quantitative estimate of drug-likeness (QED) is 0.893. The van der Waals surface area contributed by atoms with Crippen molar-refractivity contribution in [3.8, 4) is 0 Å². The number of H-pyrrole nitrogens is 1. The monoisotopic (exact) mass is 304 g/mol. The number of aromatic amines is 1. The van der Waals surface area contributed by atoms with E-state index in [1.807, 2.05) is 6.07 Å². The summed E-state index contributed by atoms with van der Waals surface area (Å²) in [6.07, 6.45) is 6.84. The van der Waals surface area contributed by atoms with Crippen LogP contribution in [0.2, 0.25) is 0 Å². The Hall–Kier alpha value is -1.40. The summed E-state index contributed by atoms with van der Waals surface area (Å²) in [4.78, 5) is 14.9. The highest BCUT2D eigenvalue weighted by molar-refractivity contribution is 5.91. The normalized spacial score (nSPS) is 27.2. The number of carbonyl (C=O) groups is 1. The Bertz CT molecular complexity index is 526. The fourth-order valence-electron chi connectivity index (χ4n) is 3.58. The number of nitrogens with one attached hydrogen (secondary N) is 2. The maximum Gasteiger partial charge on any atom is 0.228 e. The van der Waals surface area contributed by atoms with Crippen LogP contribution >= 0.6 is 0 Å². The van der Waals surface area contributed by atoms with Crippen LogP contribution in [0, 0.1) is 5.92 Å². The van der Waals surface area contributed by atoms with Crippen LogP contribution < -0.4 is 5.32 Å². The number of ether oxygens (including phenoxy) is 1. The number of amides is 1. The predicted octanol–water partition coefficient (Wildman–Crippen LogP) is 2.07. The van der Waals surface area contributed by atoms with Gasteiger partial charge in [0.25, 0.3) is 0 Å². The molecule has 3 fully saturated rings. The van der Waals surface area contributed by atoms with Crippen LogP contribution in [0.5, 0.6) is 0 Å². The molecule has 120 valence electrons. The molecule has 1 aliphatic carbocycles. The second-order valence-electron chi connectivity index (χ2n) is 6.74. The first-order chi connectivity index (χ1) is 10.8. The highest BCUT2D eigenvalue weighted by atomic mass is 16.5. The number of hydrogen-bond acceptors (Lipinski definition) is 4. The van der Waals surface area contributed by atoms with Gasteiger partial charge in [0.2, 0.25) is 5.91 Å². The summed E-state index contributed by atoms with van der Waals surface area (Å²) in [5, 5.41) is 10.1. The Morgan fingerprint density at radius 1 is 1.27 bits per heavy atom. The lowest BCUT2D eigenvalue weighted by Crippen LogP contribution is -2.39. The van der Waals surface area contributed by atoms with Gasteiger partial charge >= 0.3 is 0 Å². The van der Waals surface area contributed by atoms with Gasteiger partial charge in [0.15, 0.2) is 5.82 Å². The van der Waals surface area contributed by atoms with Crippen LogP contribution in [0.4, 0.5) is 5.82 Å². The van der Waals surface area contributed by atoms with Gasteiger partial charge in [0, 0.05) is 24.6 Å². The summed E-state index contributed by atoms with van der Waals surface area (Å²) in [5.74, 6) is 0.860. The van der Waals surface area contributed by atoms with Crippen molar-refractivity contribution >= 4 is 11.7 Å². The molecule has 3 aliphatic rings. The molecule has 1 saturated carbocycles. The van der Waals surface area contributed by atoms with E-state index in [2.05, 4.69) is 20.4 Å². The van der Waals surface area contributed by atoms with E-state index >= 15 is 0 Å². The Morgan fingerprint density at radius 3 is 2.77 bits per heavy atom. The first-order valence-electron chi connectivity index (χ1n) is 8.51. The zero-order chi connectivity index (χ0) is 14.9. The van der Waals surface area contributed by atoms with E-state index in [-0.39, 0.29) is 17.9 Å². The largest absolute Gasteiger partial charge is 0.372 e. The summed E-state index contributed by atoms with van der Waals surface area (Å²) in [6.45, 7) is 2.93. The number of anilines is 1. The third-order valence-electron chi connectivity index (χ3n) is 5.09. The Morgan fingerprint density at radius 2 is 2.09 bits per heavy atom. The van der Waals surface area contributed by atoms with Crippen LogP contribution in [0.15, 0.2) is 6.07 Å². The third-order valence-corrected chi connectivity index (χ3v) is 5.09. The zero-order valence-corrected chi connectivity index (χ0v) is 12.9. The van der Waals surface area contributed by atoms with Crippen LogP contribution in [0.1, 0.15) is 50.3 Å². The van der Waals surface area contributed by atoms with Crippen molar-refractivity contribution < 1.29 is 9.53 Å². The average Bonchev–Trinajstić information content (AvgIpc) is 3.05. The minimum Gasteiger partial charge on any atom is -0.372 e. The van der Waals surface area contributed by atoms with Crippen molar-refractivity contribution in [3.05, 3.63) is 11.8 Å². The minimum absolute atomic E-state index is 0.111. The smallest absolute Gasteiger partial charge is 0.228 e. The molecule has 0 spiro atoms. The molecule has 0 aromatic carbocycles. The van der Waals surface area contributed by atoms with Gasteiger partial charge in [0.1, 0.15) is 0 Å². The molecule has 0 radical (unpaired) electrons. The average molecular weight is 304 g/mol. The Balaban J connectivity index is 1.30. The molecular formula is C16H24N4O2. The number of aromatic nitrogens is 2. The molecular weight excluding hydrogens is 280 g/mol. The van der Waals surface area contributed by atoms with Crippen molar-refractivity contribution in [2.45, 2.75) is 50.7 Å². The van der Waals surface area contributed by atoms with Gasteiger partial charge in [-0.1, -0.05) is 0 Å². The van der Waals surface area contributed by atoms with E-state index in [4.69, 9.17) is 4.74 Å². The molecule has 4 rings (SSSR count). The van der Waals surface area contributed by atoms with Crippen LogP contribution in [-0.2, 0) is 9.53 Å². The molecule has 2 saturated heterocycles. The number of rotatable bonds is 4. The zero-order valence-electron chi connectivity index (χ0n) is 12.9. The van der Waals surface area contributed by atoms with Gasteiger partial charge < -0.3 is 15.0 Å². The fourth-order valence-corrected chi connectivity index (χ4v) is 3.58. The molecule has 1 amide bonds. The number of carbonyl (C=O) groups excluding carboxylic acids is 1. The summed E-state index contributed by atoms with van der Waals surface area (Å²) < 4.78 is 5.62. The molecule has 0 bridgehead atoms. The van der Waals surface area contributed by atoms with Crippen LogP contribution in [0.3, 0.4) is 0 Å². The second-order valence-corrected chi connectivity index (χ2v) is 6.74. The highest BCUT2D eigenvalue weighted by Gasteiger charge is 2.33. The van der Waals surface area contributed by atoms with Gasteiger partial charge in [-0.15, -0.1) is 0 Å². The van der Waals surface area contributed by atoms with E-state index in [9.17, 15) is 4.79 Å². The van der Waals surface area contributed by atoms with Gasteiger partial charge in [-0.3, -0.25) is 9.89 Å². The van der Waals surface area contributed by atoms with Gasteiger partial charge in [-0.2, -0.15) is 5.10 Å². The lowest BCUT2D eigenvalue weighted by Gasteiger charge is -2.31. The summed E-state index contributed by atoms with van der Waals surface area (Å²) in [5.41, 5.74) is 0.969. The number of hydrogen-bond donors (Lipinski definition) is 2. The van der Waals surface area contributed by atoms with Crippen molar-refractivity contribution in [1.29, 1.82) is 0 Å². The lowest BCUT2D eigenvalue weighted by molar-refractivity contribution is -0.121. The topological polar surface area (TPSA) is 70.2 Å². The molecule has 6 heteroatoms. The Kier molecular flexibility index (Phi) is 3.88. The SMILES string of the molecule is O=C(Nc1cc(C2CCCO2)[nH]n1)C1CCN(C2CC2)CC1. The molecule has 22 heavy (non-hydrogen) atoms.